The molecule has 0 saturated heterocycles. The van der Waals surface area contributed by atoms with Crippen LogP contribution in [0.2, 0.25) is 0 Å². The van der Waals surface area contributed by atoms with Gasteiger partial charge in [-0.1, -0.05) is 18.2 Å². The van der Waals surface area contributed by atoms with Gasteiger partial charge in [-0.25, -0.2) is 4.98 Å². The van der Waals surface area contributed by atoms with Crippen LogP contribution in [0, 0.1) is 0 Å². The summed E-state index contributed by atoms with van der Waals surface area (Å²) >= 11 is 0. The standard InChI is InChI=1S/C17H12F3NO3/c1-23-14-4-2-3-10-5-7-12(21-16(10)14)11-6-8-13(22)15(9-11)24-17(18,19)20/h2-9,22H,1H3. The third-order valence-electron chi connectivity index (χ3n) is 3.38. The first-order valence-electron chi connectivity index (χ1n) is 6.90. The molecular weight excluding hydrogens is 323 g/mol. The molecule has 0 aliphatic heterocycles. The number of nitrogens with zero attached hydrogens (tertiary/aromatic N) is 1. The van der Waals surface area contributed by atoms with Crippen molar-refractivity contribution < 1.29 is 27.8 Å². The highest BCUT2D eigenvalue weighted by Gasteiger charge is 2.32. The molecule has 0 aliphatic carbocycles. The summed E-state index contributed by atoms with van der Waals surface area (Å²) in [6, 6.07) is 12.6. The number of hydrogen-bond acceptors (Lipinski definition) is 4. The molecule has 0 fully saturated rings. The van der Waals surface area contributed by atoms with Gasteiger partial charge in [0.05, 0.1) is 12.8 Å². The first kappa shape index (κ1) is 15.9. The van der Waals surface area contributed by atoms with Crippen molar-refractivity contribution in [3.63, 3.8) is 0 Å². The fraction of sp³-hybridized carbons (Fsp3) is 0.118. The van der Waals surface area contributed by atoms with Crippen molar-refractivity contribution in [1.82, 2.24) is 4.98 Å². The molecule has 3 rings (SSSR count). The van der Waals surface area contributed by atoms with Crippen molar-refractivity contribution in [3.05, 3.63) is 48.5 Å². The summed E-state index contributed by atoms with van der Waals surface area (Å²) in [5, 5.41) is 10.4. The van der Waals surface area contributed by atoms with Crippen LogP contribution < -0.4 is 9.47 Å². The van der Waals surface area contributed by atoms with E-state index in [1.165, 1.54) is 13.2 Å². The smallest absolute Gasteiger partial charge is 0.504 e. The fourth-order valence-electron chi connectivity index (χ4n) is 2.33. The number of pyridine rings is 1. The summed E-state index contributed by atoms with van der Waals surface area (Å²) in [6.07, 6.45) is -4.89. The number of hydrogen-bond donors (Lipinski definition) is 1. The van der Waals surface area contributed by atoms with Gasteiger partial charge >= 0.3 is 6.36 Å². The van der Waals surface area contributed by atoms with Gasteiger partial charge in [0.1, 0.15) is 11.3 Å². The van der Waals surface area contributed by atoms with E-state index in [4.69, 9.17) is 4.74 Å². The van der Waals surface area contributed by atoms with E-state index in [1.54, 1.807) is 18.2 Å². The molecule has 24 heavy (non-hydrogen) atoms. The number of halogens is 3. The van der Waals surface area contributed by atoms with E-state index in [0.29, 0.717) is 22.5 Å². The lowest BCUT2D eigenvalue weighted by Crippen LogP contribution is -2.17. The predicted molar refractivity (Wildman–Crippen MR) is 82.1 cm³/mol. The number of phenols is 1. The van der Waals surface area contributed by atoms with Gasteiger partial charge in [-0.05, 0) is 30.3 Å². The van der Waals surface area contributed by atoms with E-state index in [9.17, 15) is 18.3 Å². The van der Waals surface area contributed by atoms with Crippen molar-refractivity contribution in [1.29, 1.82) is 0 Å². The highest BCUT2D eigenvalue weighted by molar-refractivity contribution is 5.86. The SMILES string of the molecule is COc1cccc2ccc(-c3ccc(O)c(OC(F)(F)F)c3)nc12. The molecule has 0 spiro atoms. The molecule has 0 aliphatic rings. The molecule has 0 atom stereocenters. The van der Waals surface area contributed by atoms with Crippen molar-refractivity contribution in [2.75, 3.05) is 7.11 Å². The summed E-state index contributed by atoms with van der Waals surface area (Å²) in [5.41, 5.74) is 1.39. The van der Waals surface area contributed by atoms with Gasteiger partial charge < -0.3 is 14.6 Å². The number of benzene rings is 2. The Morgan fingerprint density at radius 1 is 1.00 bits per heavy atom. The first-order valence-corrected chi connectivity index (χ1v) is 6.90. The van der Waals surface area contributed by atoms with Crippen LogP contribution in [0.3, 0.4) is 0 Å². The average molecular weight is 335 g/mol. The molecule has 7 heteroatoms. The second-order valence-electron chi connectivity index (χ2n) is 4.96. The Morgan fingerprint density at radius 2 is 1.79 bits per heavy atom. The molecule has 1 heterocycles. The molecule has 1 aromatic heterocycles. The minimum absolute atomic E-state index is 0.375. The highest BCUT2D eigenvalue weighted by Crippen LogP contribution is 2.35. The van der Waals surface area contributed by atoms with Gasteiger partial charge in [0.15, 0.2) is 11.5 Å². The number of methoxy groups -OCH3 is 1. The summed E-state index contributed by atoms with van der Waals surface area (Å²) < 4.78 is 46.3. The lowest BCUT2D eigenvalue weighted by molar-refractivity contribution is -0.275. The lowest BCUT2D eigenvalue weighted by Gasteiger charge is -2.12. The summed E-state index contributed by atoms with van der Waals surface area (Å²) in [5.74, 6) is -0.726. The highest BCUT2D eigenvalue weighted by atomic mass is 19.4. The maximum atomic E-state index is 12.4. The maximum absolute atomic E-state index is 12.4. The number of ether oxygens (including phenoxy) is 2. The molecule has 2 aromatic carbocycles. The summed E-state index contributed by atoms with van der Waals surface area (Å²) in [6.45, 7) is 0. The van der Waals surface area contributed by atoms with Gasteiger partial charge in [-0.15, -0.1) is 13.2 Å². The van der Waals surface area contributed by atoms with Crippen molar-refractivity contribution >= 4 is 10.9 Å². The van der Waals surface area contributed by atoms with E-state index >= 15 is 0 Å². The number of rotatable bonds is 3. The number of phenolic OH excluding ortho intramolecular Hbond substituents is 1. The van der Waals surface area contributed by atoms with Crippen molar-refractivity contribution in [3.8, 4) is 28.5 Å². The third kappa shape index (κ3) is 3.19. The van der Waals surface area contributed by atoms with Crippen LogP contribution in [0.4, 0.5) is 13.2 Å². The number of aromatic hydroxyl groups is 1. The van der Waals surface area contributed by atoms with Crippen molar-refractivity contribution in [2.45, 2.75) is 6.36 Å². The van der Waals surface area contributed by atoms with E-state index in [0.717, 1.165) is 17.5 Å². The average Bonchev–Trinajstić information content (AvgIpc) is 2.54. The Morgan fingerprint density at radius 3 is 2.50 bits per heavy atom. The molecule has 3 aromatic rings. The molecule has 0 saturated carbocycles. The van der Waals surface area contributed by atoms with Crippen LogP contribution in [-0.4, -0.2) is 23.6 Å². The molecule has 1 N–H and O–H groups in total. The van der Waals surface area contributed by atoms with Gasteiger partial charge in [0.25, 0.3) is 0 Å². The van der Waals surface area contributed by atoms with Gasteiger partial charge in [-0.2, -0.15) is 0 Å². The zero-order valence-corrected chi connectivity index (χ0v) is 12.5. The number of para-hydroxylation sites is 1. The Hall–Kier alpha value is -2.96. The van der Waals surface area contributed by atoms with Gasteiger partial charge in [0, 0.05) is 10.9 Å². The quantitative estimate of drug-likeness (QED) is 0.765. The zero-order chi connectivity index (χ0) is 17.3. The minimum atomic E-state index is -4.89. The Kier molecular flexibility index (Phi) is 3.92. The van der Waals surface area contributed by atoms with E-state index in [-0.39, 0.29) is 0 Å². The van der Waals surface area contributed by atoms with Crippen LogP contribution in [0.5, 0.6) is 17.2 Å². The van der Waals surface area contributed by atoms with Crippen LogP contribution in [0.15, 0.2) is 48.5 Å². The second kappa shape index (κ2) is 5.92. The van der Waals surface area contributed by atoms with Crippen molar-refractivity contribution in [2.24, 2.45) is 0 Å². The largest absolute Gasteiger partial charge is 0.573 e. The predicted octanol–water partition coefficient (Wildman–Crippen LogP) is 4.51. The van der Waals surface area contributed by atoms with Gasteiger partial charge in [0.2, 0.25) is 0 Å². The molecular formula is C17H12F3NO3. The van der Waals surface area contributed by atoms with E-state index in [1.807, 2.05) is 12.1 Å². The van der Waals surface area contributed by atoms with Crippen LogP contribution in [-0.2, 0) is 0 Å². The second-order valence-corrected chi connectivity index (χ2v) is 4.96. The monoisotopic (exact) mass is 335 g/mol. The summed E-state index contributed by atoms with van der Waals surface area (Å²) in [4.78, 5) is 4.44. The molecule has 124 valence electrons. The number of fused-ring (bicyclic) bond motifs is 1. The minimum Gasteiger partial charge on any atom is -0.504 e. The zero-order valence-electron chi connectivity index (χ0n) is 12.5. The molecule has 0 radical (unpaired) electrons. The van der Waals surface area contributed by atoms with E-state index in [2.05, 4.69) is 9.72 Å². The Labute approximate surface area is 135 Å². The van der Waals surface area contributed by atoms with Crippen LogP contribution >= 0.6 is 0 Å². The van der Waals surface area contributed by atoms with Crippen LogP contribution in [0.25, 0.3) is 22.2 Å². The fourth-order valence-corrected chi connectivity index (χ4v) is 2.33. The maximum Gasteiger partial charge on any atom is 0.573 e. The molecule has 0 bridgehead atoms. The topological polar surface area (TPSA) is 51.6 Å². The van der Waals surface area contributed by atoms with Crippen LogP contribution in [0.1, 0.15) is 0 Å². The molecule has 0 amide bonds. The normalized spacial score (nSPS) is 11.5. The lowest BCUT2D eigenvalue weighted by atomic mass is 10.1. The Balaban J connectivity index is 2.09. The third-order valence-corrected chi connectivity index (χ3v) is 3.38. The Bertz CT molecular complexity index is 894. The number of alkyl halides is 3. The van der Waals surface area contributed by atoms with Gasteiger partial charge in [-0.3, -0.25) is 0 Å². The number of aromatic nitrogens is 1. The van der Waals surface area contributed by atoms with E-state index < -0.39 is 17.9 Å². The summed E-state index contributed by atoms with van der Waals surface area (Å²) in [7, 11) is 1.51. The first-order chi connectivity index (χ1) is 11.4. The molecule has 4 nitrogen and oxygen atoms in total. The molecule has 0 unspecified atom stereocenters.